The molecule has 1 aliphatic rings. The molecule has 5 heteroatoms. The lowest BCUT2D eigenvalue weighted by atomic mass is 10.0. The van der Waals surface area contributed by atoms with E-state index in [4.69, 9.17) is 0 Å². The van der Waals surface area contributed by atoms with Crippen molar-refractivity contribution in [3.63, 3.8) is 0 Å². The van der Waals surface area contributed by atoms with Crippen LogP contribution in [0, 0.1) is 0 Å². The molecule has 0 atom stereocenters. The number of aryl methyl sites for hydroxylation is 1. The van der Waals surface area contributed by atoms with E-state index in [2.05, 4.69) is 12.1 Å². The molecule has 1 aromatic heterocycles. The molecule has 1 aliphatic carbocycles. The van der Waals surface area contributed by atoms with Gasteiger partial charge in [0.25, 0.3) is 5.91 Å². The second-order valence-corrected chi connectivity index (χ2v) is 8.83. The standard InChI is InChI=1S/C27H31N3O2/c1-20(2)29(19-26(31)30(24-15-16-24)18-25-10-7-17-28(25)3)27(32)23-13-11-22(12-14-23)21-8-5-4-6-9-21/h4-14,17,20,24H,15-16,18-19H2,1-3H3. The van der Waals surface area contributed by atoms with Crippen LogP contribution >= 0.6 is 0 Å². The Balaban J connectivity index is 1.48. The van der Waals surface area contributed by atoms with Gasteiger partial charge >= 0.3 is 0 Å². The Kier molecular flexibility index (Phi) is 6.45. The van der Waals surface area contributed by atoms with Crippen LogP contribution in [0.1, 0.15) is 42.7 Å². The maximum absolute atomic E-state index is 13.3. The average Bonchev–Trinajstić information content (AvgIpc) is 3.57. The number of benzene rings is 2. The van der Waals surface area contributed by atoms with Gasteiger partial charge in [-0.1, -0.05) is 42.5 Å². The van der Waals surface area contributed by atoms with E-state index < -0.39 is 0 Å². The van der Waals surface area contributed by atoms with E-state index in [1.165, 1.54) is 0 Å². The van der Waals surface area contributed by atoms with E-state index >= 15 is 0 Å². The van der Waals surface area contributed by atoms with Crippen LogP contribution in [0.2, 0.25) is 0 Å². The largest absolute Gasteiger partial charge is 0.353 e. The van der Waals surface area contributed by atoms with Gasteiger partial charge in [-0.05, 0) is 62.1 Å². The molecule has 32 heavy (non-hydrogen) atoms. The monoisotopic (exact) mass is 429 g/mol. The zero-order chi connectivity index (χ0) is 22.7. The van der Waals surface area contributed by atoms with Gasteiger partial charge in [-0.15, -0.1) is 0 Å². The van der Waals surface area contributed by atoms with E-state index in [0.29, 0.717) is 12.1 Å². The number of hydrogen-bond acceptors (Lipinski definition) is 2. The molecule has 5 nitrogen and oxygen atoms in total. The molecule has 0 spiro atoms. The summed E-state index contributed by atoms with van der Waals surface area (Å²) in [6.07, 6.45) is 4.06. The third-order valence-electron chi connectivity index (χ3n) is 6.12. The summed E-state index contributed by atoms with van der Waals surface area (Å²) in [5, 5.41) is 0. The molecular weight excluding hydrogens is 398 g/mol. The van der Waals surface area contributed by atoms with Crippen LogP contribution in [-0.4, -0.2) is 44.8 Å². The molecule has 0 aliphatic heterocycles. The lowest BCUT2D eigenvalue weighted by Gasteiger charge is -2.30. The van der Waals surface area contributed by atoms with Gasteiger partial charge in [0, 0.05) is 36.6 Å². The SMILES string of the molecule is CC(C)N(CC(=O)N(Cc1cccn1C)C1CC1)C(=O)c1ccc(-c2ccccc2)cc1. The maximum atomic E-state index is 13.3. The van der Waals surface area contributed by atoms with Gasteiger partial charge in [-0.2, -0.15) is 0 Å². The molecule has 0 radical (unpaired) electrons. The fourth-order valence-electron chi connectivity index (χ4n) is 3.97. The summed E-state index contributed by atoms with van der Waals surface area (Å²) in [6, 6.07) is 22.0. The van der Waals surface area contributed by atoms with E-state index in [1.807, 2.05) is 91.2 Å². The van der Waals surface area contributed by atoms with Gasteiger partial charge in [0.15, 0.2) is 0 Å². The summed E-state index contributed by atoms with van der Waals surface area (Å²) in [6.45, 7) is 4.60. The van der Waals surface area contributed by atoms with Crippen molar-refractivity contribution in [1.82, 2.24) is 14.4 Å². The second kappa shape index (κ2) is 9.43. The van der Waals surface area contributed by atoms with E-state index in [9.17, 15) is 9.59 Å². The van der Waals surface area contributed by atoms with Crippen molar-refractivity contribution in [3.8, 4) is 11.1 Å². The molecule has 4 rings (SSSR count). The third kappa shape index (κ3) is 4.93. The van der Waals surface area contributed by atoms with Gasteiger partial charge in [0.2, 0.25) is 5.91 Å². The molecule has 2 aromatic carbocycles. The Morgan fingerprint density at radius 2 is 1.59 bits per heavy atom. The summed E-state index contributed by atoms with van der Waals surface area (Å²) < 4.78 is 2.04. The van der Waals surface area contributed by atoms with Crippen molar-refractivity contribution >= 4 is 11.8 Å². The third-order valence-corrected chi connectivity index (χ3v) is 6.12. The predicted octanol–water partition coefficient (Wildman–Crippen LogP) is 4.73. The van der Waals surface area contributed by atoms with E-state index in [0.717, 1.165) is 29.7 Å². The molecule has 0 bridgehead atoms. The van der Waals surface area contributed by atoms with Crippen LogP contribution in [-0.2, 0) is 18.4 Å². The van der Waals surface area contributed by atoms with Crippen molar-refractivity contribution in [2.24, 2.45) is 7.05 Å². The first-order valence-corrected chi connectivity index (χ1v) is 11.3. The lowest BCUT2D eigenvalue weighted by Crippen LogP contribution is -2.46. The number of hydrogen-bond donors (Lipinski definition) is 0. The van der Waals surface area contributed by atoms with E-state index in [1.54, 1.807) is 4.90 Å². The van der Waals surface area contributed by atoms with E-state index in [-0.39, 0.29) is 30.4 Å². The highest BCUT2D eigenvalue weighted by atomic mass is 16.2. The Bertz CT molecular complexity index is 1070. The van der Waals surface area contributed by atoms with Gasteiger partial charge in [-0.25, -0.2) is 0 Å². The highest BCUT2D eigenvalue weighted by Gasteiger charge is 2.34. The summed E-state index contributed by atoms with van der Waals surface area (Å²) >= 11 is 0. The fraction of sp³-hybridized carbons (Fsp3) is 0.333. The van der Waals surface area contributed by atoms with Crippen molar-refractivity contribution in [3.05, 3.63) is 84.2 Å². The number of carbonyl (C=O) groups is 2. The van der Waals surface area contributed by atoms with Gasteiger partial charge in [-0.3, -0.25) is 9.59 Å². The quantitative estimate of drug-likeness (QED) is 0.519. The number of amides is 2. The summed E-state index contributed by atoms with van der Waals surface area (Å²) in [5.74, 6) is -0.0979. The molecule has 0 N–H and O–H groups in total. The highest BCUT2D eigenvalue weighted by molar-refractivity contribution is 5.97. The molecule has 1 fully saturated rings. The van der Waals surface area contributed by atoms with Gasteiger partial charge < -0.3 is 14.4 Å². The zero-order valence-electron chi connectivity index (χ0n) is 19.1. The molecule has 0 unspecified atom stereocenters. The van der Waals surface area contributed by atoms with Crippen molar-refractivity contribution in [2.75, 3.05) is 6.54 Å². The maximum Gasteiger partial charge on any atom is 0.254 e. The summed E-state index contributed by atoms with van der Waals surface area (Å²) in [4.78, 5) is 30.2. The van der Waals surface area contributed by atoms with Gasteiger partial charge in [0.05, 0.1) is 6.54 Å². The Morgan fingerprint density at radius 1 is 0.938 bits per heavy atom. The Morgan fingerprint density at radius 3 is 2.16 bits per heavy atom. The Labute approximate surface area is 190 Å². The van der Waals surface area contributed by atoms with Crippen molar-refractivity contribution < 1.29 is 9.59 Å². The minimum atomic E-state index is -0.109. The summed E-state index contributed by atoms with van der Waals surface area (Å²) in [7, 11) is 1.99. The Hall–Kier alpha value is -3.34. The van der Waals surface area contributed by atoms with Crippen molar-refractivity contribution in [1.29, 1.82) is 0 Å². The molecule has 166 valence electrons. The van der Waals surface area contributed by atoms with Crippen LogP contribution in [0.5, 0.6) is 0 Å². The average molecular weight is 430 g/mol. The number of nitrogens with zero attached hydrogens (tertiary/aromatic N) is 3. The first-order valence-electron chi connectivity index (χ1n) is 11.3. The normalized spacial score (nSPS) is 13.2. The molecular formula is C27H31N3O2. The predicted molar refractivity (Wildman–Crippen MR) is 127 cm³/mol. The summed E-state index contributed by atoms with van der Waals surface area (Å²) in [5.41, 5.74) is 3.88. The van der Waals surface area contributed by atoms with Crippen LogP contribution in [0.15, 0.2) is 72.9 Å². The molecule has 1 heterocycles. The molecule has 1 saturated carbocycles. The van der Waals surface area contributed by atoms with Crippen LogP contribution in [0.25, 0.3) is 11.1 Å². The highest BCUT2D eigenvalue weighted by Crippen LogP contribution is 2.29. The lowest BCUT2D eigenvalue weighted by molar-refractivity contribution is -0.133. The minimum Gasteiger partial charge on any atom is -0.353 e. The van der Waals surface area contributed by atoms with Crippen LogP contribution < -0.4 is 0 Å². The second-order valence-electron chi connectivity index (χ2n) is 8.83. The molecule has 0 saturated heterocycles. The zero-order valence-corrected chi connectivity index (χ0v) is 19.1. The minimum absolute atomic E-state index is 0.0108. The first kappa shape index (κ1) is 21.9. The molecule has 2 amide bonds. The number of carbonyl (C=O) groups excluding carboxylic acids is 2. The topological polar surface area (TPSA) is 45.6 Å². The fourth-order valence-corrected chi connectivity index (χ4v) is 3.97. The van der Waals surface area contributed by atoms with Crippen LogP contribution in [0.3, 0.4) is 0 Å². The first-order chi connectivity index (χ1) is 15.4. The smallest absolute Gasteiger partial charge is 0.254 e. The van der Waals surface area contributed by atoms with Crippen LogP contribution in [0.4, 0.5) is 0 Å². The van der Waals surface area contributed by atoms with Gasteiger partial charge in [0.1, 0.15) is 6.54 Å². The van der Waals surface area contributed by atoms with Crippen molar-refractivity contribution in [2.45, 2.75) is 45.3 Å². The molecule has 3 aromatic rings. The number of aromatic nitrogens is 1. The number of rotatable bonds is 8.